The van der Waals surface area contributed by atoms with Gasteiger partial charge in [0.15, 0.2) is 5.75 Å². The second-order valence-corrected chi connectivity index (χ2v) is 5.87. The van der Waals surface area contributed by atoms with Crippen molar-refractivity contribution >= 4 is 55.1 Å². The number of amides is 1. The van der Waals surface area contributed by atoms with Crippen LogP contribution in [0.25, 0.3) is 0 Å². The summed E-state index contributed by atoms with van der Waals surface area (Å²) in [5.41, 5.74) is 0.760. The van der Waals surface area contributed by atoms with E-state index < -0.39 is 0 Å². The maximum Gasteiger partial charge on any atom is 0.274 e. The molecule has 1 aromatic heterocycles. The number of nitrogens with one attached hydrogen (secondary N) is 1. The van der Waals surface area contributed by atoms with E-state index in [0.29, 0.717) is 25.5 Å². The Labute approximate surface area is 137 Å². The van der Waals surface area contributed by atoms with Crippen molar-refractivity contribution in [1.82, 2.24) is 4.98 Å². The van der Waals surface area contributed by atoms with E-state index in [1.54, 1.807) is 30.3 Å². The molecule has 1 N–H and O–H groups in total. The van der Waals surface area contributed by atoms with Gasteiger partial charge in [-0.1, -0.05) is 17.7 Å². The Morgan fingerprint density at radius 2 is 2.10 bits per heavy atom. The number of pyridine rings is 1. The van der Waals surface area contributed by atoms with Crippen molar-refractivity contribution in [2.45, 2.75) is 0 Å². The van der Waals surface area contributed by atoms with Gasteiger partial charge in [-0.3, -0.25) is 4.79 Å². The molecule has 2 aromatic rings. The lowest BCUT2D eigenvalue weighted by molar-refractivity contribution is 0.102. The van der Waals surface area contributed by atoms with Crippen LogP contribution in [-0.2, 0) is 0 Å². The summed E-state index contributed by atoms with van der Waals surface area (Å²) in [5.74, 6) is 0.150. The molecule has 0 saturated heterocycles. The fourth-order valence-corrected chi connectivity index (χ4v) is 2.90. The first-order valence-electron chi connectivity index (χ1n) is 5.48. The maximum absolute atomic E-state index is 12.1. The molecule has 4 nitrogen and oxygen atoms in total. The minimum Gasteiger partial charge on any atom is -0.493 e. The van der Waals surface area contributed by atoms with E-state index in [2.05, 4.69) is 42.2 Å². The monoisotopic (exact) mass is 418 g/mol. The summed E-state index contributed by atoms with van der Waals surface area (Å²) in [7, 11) is 1.51. The van der Waals surface area contributed by atoms with Crippen LogP contribution < -0.4 is 10.1 Å². The zero-order chi connectivity index (χ0) is 14.7. The standard InChI is InChI=1S/C13H9Br2ClN2O2/c1-20-12-8(14)5-7(16)6-10(12)18-13(19)9-3-2-4-11(15)17-9/h2-6H,1H3,(H,18,19). The minimum absolute atomic E-state index is 0.289. The molecule has 0 bridgehead atoms. The summed E-state index contributed by atoms with van der Waals surface area (Å²) in [6.45, 7) is 0. The molecule has 104 valence electrons. The SMILES string of the molecule is COc1c(Br)cc(Cl)cc1NC(=O)c1cccc(Br)n1. The van der Waals surface area contributed by atoms with Gasteiger partial charge in [-0.25, -0.2) is 4.98 Å². The van der Waals surface area contributed by atoms with Crippen LogP contribution in [0.4, 0.5) is 5.69 Å². The molecule has 1 heterocycles. The van der Waals surface area contributed by atoms with E-state index in [9.17, 15) is 4.79 Å². The molecule has 1 amide bonds. The molecule has 0 radical (unpaired) electrons. The smallest absolute Gasteiger partial charge is 0.274 e. The van der Waals surface area contributed by atoms with Crippen LogP contribution in [0.15, 0.2) is 39.4 Å². The Morgan fingerprint density at radius 1 is 1.35 bits per heavy atom. The van der Waals surface area contributed by atoms with Gasteiger partial charge in [-0.2, -0.15) is 0 Å². The Morgan fingerprint density at radius 3 is 2.75 bits per heavy atom. The van der Waals surface area contributed by atoms with Crippen molar-refractivity contribution in [2.24, 2.45) is 0 Å². The number of hydrogen-bond donors (Lipinski definition) is 1. The second kappa shape index (κ2) is 6.56. The third-order valence-corrected chi connectivity index (χ3v) is 3.66. The van der Waals surface area contributed by atoms with Crippen molar-refractivity contribution in [3.63, 3.8) is 0 Å². The Balaban J connectivity index is 2.32. The van der Waals surface area contributed by atoms with Crippen molar-refractivity contribution in [2.75, 3.05) is 12.4 Å². The molecule has 0 unspecified atom stereocenters. The number of nitrogens with zero attached hydrogens (tertiary/aromatic N) is 1. The van der Waals surface area contributed by atoms with Crippen LogP contribution in [0.1, 0.15) is 10.5 Å². The van der Waals surface area contributed by atoms with Crippen LogP contribution >= 0.6 is 43.5 Å². The lowest BCUT2D eigenvalue weighted by atomic mass is 10.2. The summed E-state index contributed by atoms with van der Waals surface area (Å²) >= 11 is 12.5. The molecule has 20 heavy (non-hydrogen) atoms. The maximum atomic E-state index is 12.1. The third-order valence-electron chi connectivity index (χ3n) is 2.41. The van der Waals surface area contributed by atoms with Gasteiger partial charge in [0.1, 0.15) is 10.3 Å². The number of carbonyl (C=O) groups excluding carboxylic acids is 1. The average Bonchev–Trinajstić information content (AvgIpc) is 2.38. The number of methoxy groups -OCH3 is 1. The number of carbonyl (C=O) groups is 1. The first-order chi connectivity index (χ1) is 9.51. The zero-order valence-electron chi connectivity index (χ0n) is 10.3. The first kappa shape index (κ1) is 15.3. The molecule has 1 aromatic carbocycles. The van der Waals surface area contributed by atoms with Gasteiger partial charge in [0.05, 0.1) is 17.3 Å². The van der Waals surface area contributed by atoms with Crippen LogP contribution in [-0.4, -0.2) is 18.0 Å². The van der Waals surface area contributed by atoms with Gasteiger partial charge in [0.2, 0.25) is 0 Å². The predicted molar refractivity (Wildman–Crippen MR) is 85.6 cm³/mol. The topological polar surface area (TPSA) is 51.2 Å². The number of anilines is 1. The molecule has 0 saturated carbocycles. The number of rotatable bonds is 3. The number of benzene rings is 1. The molecule has 0 aliphatic heterocycles. The fourth-order valence-electron chi connectivity index (χ4n) is 1.58. The molecular formula is C13H9Br2ClN2O2. The third kappa shape index (κ3) is 3.50. The van der Waals surface area contributed by atoms with Crippen LogP contribution in [0, 0.1) is 0 Å². The molecular weight excluding hydrogens is 411 g/mol. The largest absolute Gasteiger partial charge is 0.493 e. The quantitative estimate of drug-likeness (QED) is 0.743. The summed E-state index contributed by atoms with van der Waals surface area (Å²) < 4.78 is 6.49. The van der Waals surface area contributed by atoms with Gasteiger partial charge in [0.25, 0.3) is 5.91 Å². The lowest BCUT2D eigenvalue weighted by Gasteiger charge is -2.12. The van der Waals surface area contributed by atoms with Crippen molar-refractivity contribution < 1.29 is 9.53 Å². The van der Waals surface area contributed by atoms with Gasteiger partial charge >= 0.3 is 0 Å². The van der Waals surface area contributed by atoms with E-state index in [1.807, 2.05) is 0 Å². The van der Waals surface area contributed by atoms with E-state index >= 15 is 0 Å². The Bertz CT molecular complexity index is 665. The first-order valence-corrected chi connectivity index (χ1v) is 7.44. The van der Waals surface area contributed by atoms with Gasteiger partial charge < -0.3 is 10.1 Å². The normalized spacial score (nSPS) is 10.2. The van der Waals surface area contributed by atoms with Crippen LogP contribution in [0.3, 0.4) is 0 Å². The summed E-state index contributed by atoms with van der Waals surface area (Å²) in [4.78, 5) is 16.2. The highest BCUT2D eigenvalue weighted by molar-refractivity contribution is 9.10. The van der Waals surface area contributed by atoms with Crippen molar-refractivity contribution in [1.29, 1.82) is 0 Å². The highest BCUT2D eigenvalue weighted by Gasteiger charge is 2.14. The van der Waals surface area contributed by atoms with Gasteiger partial charge in [0, 0.05) is 5.02 Å². The molecule has 0 aliphatic carbocycles. The number of halogens is 3. The second-order valence-electron chi connectivity index (χ2n) is 3.77. The summed E-state index contributed by atoms with van der Waals surface area (Å²) in [6, 6.07) is 8.39. The minimum atomic E-state index is -0.348. The van der Waals surface area contributed by atoms with E-state index in [0.717, 1.165) is 0 Å². The van der Waals surface area contributed by atoms with Crippen molar-refractivity contribution in [3.8, 4) is 5.75 Å². The number of hydrogen-bond acceptors (Lipinski definition) is 3. The molecule has 7 heteroatoms. The van der Waals surface area contributed by atoms with Crippen LogP contribution in [0.2, 0.25) is 5.02 Å². The van der Waals surface area contributed by atoms with E-state index in [4.69, 9.17) is 16.3 Å². The number of ether oxygens (including phenoxy) is 1. The molecule has 2 rings (SSSR count). The molecule has 0 aliphatic rings. The lowest BCUT2D eigenvalue weighted by Crippen LogP contribution is -2.14. The average molecular weight is 420 g/mol. The van der Waals surface area contributed by atoms with E-state index in [-0.39, 0.29) is 11.6 Å². The Kier molecular flexibility index (Phi) is 5.01. The van der Waals surface area contributed by atoms with Gasteiger partial charge in [-0.05, 0) is 56.1 Å². The summed E-state index contributed by atoms with van der Waals surface area (Å²) in [6.07, 6.45) is 0. The highest BCUT2D eigenvalue weighted by atomic mass is 79.9. The summed E-state index contributed by atoms with van der Waals surface area (Å²) in [5, 5.41) is 3.21. The van der Waals surface area contributed by atoms with E-state index in [1.165, 1.54) is 7.11 Å². The Hall–Kier alpha value is -1.11. The highest BCUT2D eigenvalue weighted by Crippen LogP contribution is 2.36. The fraction of sp³-hybridized carbons (Fsp3) is 0.0769. The van der Waals surface area contributed by atoms with Crippen LogP contribution in [0.5, 0.6) is 5.75 Å². The van der Waals surface area contributed by atoms with Gasteiger partial charge in [-0.15, -0.1) is 0 Å². The van der Waals surface area contributed by atoms with Crippen molar-refractivity contribution in [3.05, 3.63) is 50.1 Å². The number of aromatic nitrogens is 1. The molecule has 0 fully saturated rings. The molecule has 0 spiro atoms. The predicted octanol–water partition coefficient (Wildman–Crippen LogP) is 4.52. The molecule has 0 atom stereocenters. The zero-order valence-corrected chi connectivity index (χ0v) is 14.2.